The van der Waals surface area contributed by atoms with Gasteiger partial charge < -0.3 is 9.30 Å². The number of thiophene rings is 1. The molecule has 1 atom stereocenters. The number of alkyl halides is 3. The summed E-state index contributed by atoms with van der Waals surface area (Å²) in [5.41, 5.74) is 0. The minimum Gasteiger partial charge on any atom is -0.440 e. The average molecular weight is 304 g/mol. The summed E-state index contributed by atoms with van der Waals surface area (Å²) < 4.78 is 44.8. The molecule has 2 aromatic heterocycles. The number of carbonyl (C=O) groups excluding carboxylic acids is 1. The number of aryl methyl sites for hydroxylation is 2. The summed E-state index contributed by atoms with van der Waals surface area (Å²) >= 11 is 1.08. The smallest absolute Gasteiger partial charge is 0.432 e. The van der Waals surface area contributed by atoms with Crippen LogP contribution in [0.15, 0.2) is 24.5 Å². The number of carbonyl (C=O) groups is 1. The Morgan fingerprint density at radius 3 is 2.60 bits per heavy atom. The zero-order valence-corrected chi connectivity index (χ0v) is 11.5. The van der Waals surface area contributed by atoms with Gasteiger partial charge in [0.2, 0.25) is 0 Å². The van der Waals surface area contributed by atoms with E-state index in [1.165, 1.54) is 30.1 Å². The molecule has 0 fully saturated rings. The normalized spacial score (nSPS) is 13.2. The molecule has 0 unspecified atom stereocenters. The van der Waals surface area contributed by atoms with Crippen molar-refractivity contribution in [3.05, 3.63) is 40.1 Å². The SMILES string of the molecule is Cc1ccc(C(=O)O[C@H](c2nccn2C)C(F)(F)F)s1. The summed E-state index contributed by atoms with van der Waals surface area (Å²) in [5, 5.41) is 0. The largest absolute Gasteiger partial charge is 0.440 e. The third-order valence-corrected chi connectivity index (χ3v) is 3.54. The summed E-state index contributed by atoms with van der Waals surface area (Å²) in [6.45, 7) is 1.75. The van der Waals surface area contributed by atoms with Crippen molar-refractivity contribution < 1.29 is 22.7 Å². The molecule has 0 bridgehead atoms. The van der Waals surface area contributed by atoms with Crippen LogP contribution in [0.2, 0.25) is 0 Å². The van der Waals surface area contributed by atoms with E-state index in [2.05, 4.69) is 9.72 Å². The molecule has 20 heavy (non-hydrogen) atoms. The van der Waals surface area contributed by atoms with Gasteiger partial charge in [-0.05, 0) is 19.1 Å². The molecule has 0 amide bonds. The zero-order chi connectivity index (χ0) is 14.9. The standard InChI is InChI=1S/C12H11F3N2O2S/c1-7-3-4-8(20-7)11(18)19-9(12(13,14)15)10-16-5-6-17(10)2/h3-6,9H,1-2H3/t9-/m1/s1. The number of esters is 1. The fraction of sp³-hybridized carbons (Fsp3) is 0.333. The van der Waals surface area contributed by atoms with E-state index in [9.17, 15) is 18.0 Å². The average Bonchev–Trinajstić information content (AvgIpc) is 2.93. The summed E-state index contributed by atoms with van der Waals surface area (Å²) in [7, 11) is 1.41. The monoisotopic (exact) mass is 304 g/mol. The van der Waals surface area contributed by atoms with Crippen LogP contribution in [0, 0.1) is 6.92 Å². The molecule has 0 aromatic carbocycles. The molecule has 0 aliphatic rings. The summed E-state index contributed by atoms with van der Waals surface area (Å²) in [6.07, 6.45) is -4.52. The second-order valence-electron chi connectivity index (χ2n) is 4.13. The van der Waals surface area contributed by atoms with Gasteiger partial charge in [0.05, 0.1) is 0 Å². The Kier molecular flexibility index (Phi) is 3.85. The van der Waals surface area contributed by atoms with Crippen molar-refractivity contribution in [3.8, 4) is 0 Å². The molecule has 0 spiro atoms. The molecule has 108 valence electrons. The highest BCUT2D eigenvalue weighted by Gasteiger charge is 2.46. The van der Waals surface area contributed by atoms with E-state index in [1.807, 2.05) is 0 Å². The van der Waals surface area contributed by atoms with Crippen LogP contribution in [0.25, 0.3) is 0 Å². The Bertz CT molecular complexity index is 618. The molecule has 0 aliphatic heterocycles. The summed E-state index contributed by atoms with van der Waals surface area (Å²) in [5.74, 6) is -1.37. The van der Waals surface area contributed by atoms with Crippen LogP contribution < -0.4 is 0 Å². The van der Waals surface area contributed by atoms with Crippen molar-refractivity contribution in [2.75, 3.05) is 0 Å². The van der Waals surface area contributed by atoms with Crippen LogP contribution in [-0.4, -0.2) is 21.7 Å². The molecule has 8 heteroatoms. The van der Waals surface area contributed by atoms with E-state index in [-0.39, 0.29) is 10.7 Å². The van der Waals surface area contributed by atoms with Gasteiger partial charge >= 0.3 is 12.1 Å². The summed E-state index contributed by atoms with van der Waals surface area (Å²) in [6, 6.07) is 3.08. The van der Waals surface area contributed by atoms with E-state index >= 15 is 0 Å². The second kappa shape index (κ2) is 5.28. The maximum atomic E-state index is 13.0. The number of aromatic nitrogens is 2. The number of rotatable bonds is 3. The third-order valence-electron chi connectivity index (χ3n) is 2.56. The highest BCUT2D eigenvalue weighted by molar-refractivity contribution is 7.13. The Morgan fingerprint density at radius 1 is 1.45 bits per heavy atom. The van der Waals surface area contributed by atoms with Gasteiger partial charge in [-0.25, -0.2) is 9.78 Å². The molecule has 0 aliphatic carbocycles. The van der Waals surface area contributed by atoms with Gasteiger partial charge in [0.1, 0.15) is 4.88 Å². The maximum absolute atomic E-state index is 13.0. The molecular weight excluding hydrogens is 293 g/mol. The minimum absolute atomic E-state index is 0.131. The highest BCUT2D eigenvalue weighted by atomic mass is 32.1. The number of ether oxygens (including phenoxy) is 1. The van der Waals surface area contributed by atoms with E-state index in [1.54, 1.807) is 13.0 Å². The Morgan fingerprint density at radius 2 is 2.15 bits per heavy atom. The fourth-order valence-corrected chi connectivity index (χ4v) is 2.36. The lowest BCUT2D eigenvalue weighted by Crippen LogP contribution is -2.28. The van der Waals surface area contributed by atoms with Crippen LogP contribution in [0.1, 0.15) is 26.5 Å². The molecule has 2 rings (SSSR count). The lowest BCUT2D eigenvalue weighted by atomic mass is 10.3. The Hall–Kier alpha value is -1.83. The zero-order valence-electron chi connectivity index (χ0n) is 10.6. The quantitative estimate of drug-likeness (QED) is 0.818. The Labute approximate surface area is 116 Å². The first kappa shape index (κ1) is 14.6. The van der Waals surface area contributed by atoms with Crippen molar-refractivity contribution in [1.82, 2.24) is 9.55 Å². The molecule has 4 nitrogen and oxygen atoms in total. The number of hydrogen-bond donors (Lipinski definition) is 0. The maximum Gasteiger partial charge on any atom is 0.432 e. The van der Waals surface area contributed by atoms with Crippen LogP contribution >= 0.6 is 11.3 Å². The van der Waals surface area contributed by atoms with Gasteiger partial charge in [-0.1, -0.05) is 0 Å². The van der Waals surface area contributed by atoms with Gasteiger partial charge in [0.15, 0.2) is 5.82 Å². The first-order valence-corrected chi connectivity index (χ1v) is 6.42. The van der Waals surface area contributed by atoms with Gasteiger partial charge in [0, 0.05) is 24.3 Å². The number of halogens is 3. The lowest BCUT2D eigenvalue weighted by Gasteiger charge is -2.19. The topological polar surface area (TPSA) is 44.1 Å². The van der Waals surface area contributed by atoms with Crippen molar-refractivity contribution in [3.63, 3.8) is 0 Å². The van der Waals surface area contributed by atoms with Crippen molar-refractivity contribution >= 4 is 17.3 Å². The van der Waals surface area contributed by atoms with Crippen molar-refractivity contribution in [2.45, 2.75) is 19.2 Å². The van der Waals surface area contributed by atoms with Crippen molar-refractivity contribution in [1.29, 1.82) is 0 Å². The molecule has 0 N–H and O–H groups in total. The fourth-order valence-electron chi connectivity index (χ4n) is 1.61. The Balaban J connectivity index is 2.26. The third kappa shape index (κ3) is 3.01. The predicted octanol–water partition coefficient (Wildman–Crippen LogP) is 3.25. The minimum atomic E-state index is -4.72. The van der Waals surface area contributed by atoms with E-state index < -0.39 is 18.2 Å². The van der Waals surface area contributed by atoms with Crippen LogP contribution in [0.3, 0.4) is 0 Å². The summed E-state index contributed by atoms with van der Waals surface area (Å²) in [4.78, 5) is 16.3. The number of nitrogens with zero attached hydrogens (tertiary/aromatic N) is 2. The van der Waals surface area contributed by atoms with Gasteiger partial charge in [-0.15, -0.1) is 11.3 Å². The number of imidazole rings is 1. The van der Waals surface area contributed by atoms with Gasteiger partial charge in [0.25, 0.3) is 6.10 Å². The molecule has 0 radical (unpaired) electrons. The van der Waals surface area contributed by atoms with Crippen LogP contribution in [0.4, 0.5) is 13.2 Å². The molecule has 0 saturated heterocycles. The van der Waals surface area contributed by atoms with Gasteiger partial charge in [-0.2, -0.15) is 13.2 Å². The van der Waals surface area contributed by atoms with E-state index in [0.717, 1.165) is 16.2 Å². The molecule has 0 saturated carbocycles. The van der Waals surface area contributed by atoms with E-state index in [0.29, 0.717) is 0 Å². The second-order valence-corrected chi connectivity index (χ2v) is 5.42. The molecule has 2 heterocycles. The van der Waals surface area contributed by atoms with Crippen molar-refractivity contribution in [2.24, 2.45) is 7.05 Å². The highest BCUT2D eigenvalue weighted by Crippen LogP contribution is 2.35. The predicted molar refractivity (Wildman–Crippen MR) is 66.5 cm³/mol. The molecular formula is C12H11F3N2O2S. The molecule has 2 aromatic rings. The number of hydrogen-bond acceptors (Lipinski definition) is 4. The van der Waals surface area contributed by atoms with Crippen LogP contribution in [-0.2, 0) is 11.8 Å². The lowest BCUT2D eigenvalue weighted by molar-refractivity contribution is -0.210. The van der Waals surface area contributed by atoms with E-state index in [4.69, 9.17) is 0 Å². The van der Waals surface area contributed by atoms with Gasteiger partial charge in [-0.3, -0.25) is 0 Å². The van der Waals surface area contributed by atoms with Crippen LogP contribution in [0.5, 0.6) is 0 Å². The first-order valence-electron chi connectivity index (χ1n) is 5.60. The first-order chi connectivity index (χ1) is 9.29.